The number of pyridine rings is 1. The first-order chi connectivity index (χ1) is 6.06. The van der Waals surface area contributed by atoms with E-state index in [1.54, 1.807) is 6.07 Å². The molecule has 0 spiro atoms. The van der Waals surface area contributed by atoms with Crippen LogP contribution in [0, 0.1) is 11.3 Å². The molecule has 0 radical (unpaired) electrons. The Hall–Kier alpha value is -0.540. The predicted octanol–water partition coefficient (Wildman–Crippen LogP) is 3.42. The molecule has 0 saturated heterocycles. The Morgan fingerprint density at radius 3 is 2.54 bits per heavy atom. The number of alkyl halides is 2. The van der Waals surface area contributed by atoms with Gasteiger partial charge in [-0.2, -0.15) is 5.26 Å². The first-order valence-electron chi connectivity index (χ1n) is 3.10. The van der Waals surface area contributed by atoms with E-state index in [0.29, 0.717) is 4.47 Å². The predicted molar refractivity (Wildman–Crippen MR) is 49.3 cm³/mol. The van der Waals surface area contributed by atoms with E-state index in [2.05, 4.69) is 36.8 Å². The molecule has 0 atom stereocenters. The van der Waals surface area contributed by atoms with Gasteiger partial charge >= 0.3 is 0 Å². The molecule has 0 aliphatic rings. The number of halogens is 4. The monoisotopic (exact) mass is 310 g/mol. The molecular formula is C7H2Br2F2N2. The molecule has 1 aromatic rings. The summed E-state index contributed by atoms with van der Waals surface area (Å²) in [5.74, 6) is 0. The maximum Gasteiger partial charge on any atom is 0.281 e. The van der Waals surface area contributed by atoms with E-state index >= 15 is 0 Å². The van der Waals surface area contributed by atoms with Gasteiger partial charge in [0.1, 0.15) is 16.4 Å². The summed E-state index contributed by atoms with van der Waals surface area (Å²) in [6.45, 7) is 0. The summed E-state index contributed by atoms with van der Waals surface area (Å²) in [5.41, 5.74) is -0.637. The average molecular weight is 312 g/mol. The van der Waals surface area contributed by atoms with Crippen LogP contribution in [0.2, 0.25) is 0 Å². The van der Waals surface area contributed by atoms with Crippen molar-refractivity contribution in [2.75, 3.05) is 0 Å². The van der Waals surface area contributed by atoms with Crippen LogP contribution in [0.5, 0.6) is 0 Å². The van der Waals surface area contributed by atoms with Crippen LogP contribution in [0.1, 0.15) is 17.7 Å². The lowest BCUT2D eigenvalue weighted by molar-refractivity contribution is 0.145. The van der Waals surface area contributed by atoms with Gasteiger partial charge in [0.25, 0.3) is 6.43 Å². The van der Waals surface area contributed by atoms with Crippen LogP contribution < -0.4 is 0 Å². The van der Waals surface area contributed by atoms with Gasteiger partial charge in [-0.3, -0.25) is 0 Å². The standard InChI is InChI=1S/C7H2Br2F2N2/c8-4-1-5(9)13-6(7(10)11)3(4)2-12/h1,7H. The molecule has 0 aromatic carbocycles. The molecule has 0 amide bonds. The van der Waals surface area contributed by atoms with Crippen LogP contribution in [0.15, 0.2) is 15.1 Å². The fourth-order valence-corrected chi connectivity index (χ4v) is 2.01. The Labute approximate surface area is 89.8 Å². The molecule has 1 aromatic heterocycles. The minimum atomic E-state index is -2.75. The molecule has 0 aliphatic carbocycles. The van der Waals surface area contributed by atoms with Gasteiger partial charge in [0.05, 0.1) is 5.56 Å². The zero-order valence-corrected chi connectivity index (χ0v) is 9.23. The highest BCUT2D eigenvalue weighted by Crippen LogP contribution is 2.28. The zero-order chi connectivity index (χ0) is 10.0. The number of nitrogens with zero attached hydrogens (tertiary/aromatic N) is 2. The smallest absolute Gasteiger partial charge is 0.238 e. The van der Waals surface area contributed by atoms with Crippen molar-refractivity contribution in [3.05, 3.63) is 26.4 Å². The Bertz CT molecular complexity index is 373. The minimum Gasteiger partial charge on any atom is -0.238 e. The molecular weight excluding hydrogens is 310 g/mol. The fourth-order valence-electron chi connectivity index (χ4n) is 0.771. The van der Waals surface area contributed by atoms with Gasteiger partial charge in [-0.05, 0) is 37.9 Å². The lowest BCUT2D eigenvalue weighted by Gasteiger charge is -2.03. The highest BCUT2D eigenvalue weighted by Gasteiger charge is 2.18. The quantitative estimate of drug-likeness (QED) is 0.745. The third-order valence-corrected chi connectivity index (χ3v) is 2.32. The average Bonchev–Trinajstić information content (AvgIpc) is 2.02. The van der Waals surface area contributed by atoms with Crippen molar-refractivity contribution < 1.29 is 8.78 Å². The summed E-state index contributed by atoms with van der Waals surface area (Å²) >= 11 is 5.96. The molecule has 6 heteroatoms. The molecule has 0 N–H and O–H groups in total. The summed E-state index contributed by atoms with van der Waals surface area (Å²) < 4.78 is 25.2. The molecule has 0 aliphatic heterocycles. The van der Waals surface area contributed by atoms with Crippen molar-refractivity contribution in [1.82, 2.24) is 4.98 Å². The number of hydrogen-bond acceptors (Lipinski definition) is 2. The molecule has 0 saturated carbocycles. The van der Waals surface area contributed by atoms with Crippen LogP contribution in [0.3, 0.4) is 0 Å². The zero-order valence-electron chi connectivity index (χ0n) is 6.06. The Kier molecular flexibility index (Phi) is 3.33. The Balaban J connectivity index is 3.41. The van der Waals surface area contributed by atoms with Gasteiger partial charge in [0, 0.05) is 4.47 Å². The van der Waals surface area contributed by atoms with Gasteiger partial charge in [-0.15, -0.1) is 0 Å². The van der Waals surface area contributed by atoms with E-state index in [1.807, 2.05) is 0 Å². The van der Waals surface area contributed by atoms with Crippen LogP contribution in [-0.2, 0) is 0 Å². The van der Waals surface area contributed by atoms with E-state index in [9.17, 15) is 8.78 Å². The van der Waals surface area contributed by atoms with Gasteiger partial charge in [0.2, 0.25) is 0 Å². The summed E-state index contributed by atoms with van der Waals surface area (Å²) in [6.07, 6.45) is -2.75. The first-order valence-corrected chi connectivity index (χ1v) is 4.69. The van der Waals surface area contributed by atoms with E-state index in [-0.39, 0.29) is 10.2 Å². The van der Waals surface area contributed by atoms with Crippen molar-refractivity contribution in [2.45, 2.75) is 6.43 Å². The van der Waals surface area contributed by atoms with Crippen LogP contribution in [-0.4, -0.2) is 4.98 Å². The van der Waals surface area contributed by atoms with Crippen molar-refractivity contribution in [1.29, 1.82) is 5.26 Å². The molecule has 1 heterocycles. The summed E-state index contributed by atoms with van der Waals surface area (Å²) in [7, 11) is 0. The van der Waals surface area contributed by atoms with E-state index in [4.69, 9.17) is 5.26 Å². The number of hydrogen-bond donors (Lipinski definition) is 0. The topological polar surface area (TPSA) is 36.7 Å². The van der Waals surface area contributed by atoms with Crippen LogP contribution in [0.25, 0.3) is 0 Å². The molecule has 0 bridgehead atoms. The first kappa shape index (κ1) is 10.5. The minimum absolute atomic E-state index is 0.127. The number of rotatable bonds is 1. The molecule has 68 valence electrons. The van der Waals surface area contributed by atoms with Crippen LogP contribution in [0.4, 0.5) is 8.78 Å². The number of nitriles is 1. The van der Waals surface area contributed by atoms with Gasteiger partial charge < -0.3 is 0 Å². The lowest BCUT2D eigenvalue weighted by Crippen LogP contribution is -1.96. The van der Waals surface area contributed by atoms with Crippen LogP contribution >= 0.6 is 31.9 Å². The summed E-state index contributed by atoms with van der Waals surface area (Å²) in [4.78, 5) is 3.52. The van der Waals surface area contributed by atoms with Gasteiger partial charge in [0.15, 0.2) is 0 Å². The second-order valence-corrected chi connectivity index (χ2v) is 3.77. The lowest BCUT2D eigenvalue weighted by atomic mass is 10.2. The molecule has 0 unspecified atom stereocenters. The largest absolute Gasteiger partial charge is 0.281 e. The summed E-state index contributed by atoms with van der Waals surface area (Å²) in [6, 6.07) is 3.11. The van der Waals surface area contributed by atoms with Crippen molar-refractivity contribution >= 4 is 31.9 Å². The van der Waals surface area contributed by atoms with Crippen molar-refractivity contribution in [3.63, 3.8) is 0 Å². The third-order valence-electron chi connectivity index (χ3n) is 1.29. The number of aromatic nitrogens is 1. The van der Waals surface area contributed by atoms with Crippen molar-refractivity contribution in [3.8, 4) is 6.07 Å². The second kappa shape index (κ2) is 4.11. The fraction of sp³-hybridized carbons (Fsp3) is 0.143. The highest BCUT2D eigenvalue weighted by atomic mass is 79.9. The summed E-state index contributed by atoms with van der Waals surface area (Å²) in [5, 5.41) is 8.57. The Morgan fingerprint density at radius 1 is 1.46 bits per heavy atom. The maximum atomic E-state index is 12.3. The molecule has 2 nitrogen and oxygen atoms in total. The molecule has 0 fully saturated rings. The van der Waals surface area contributed by atoms with Crippen molar-refractivity contribution in [2.24, 2.45) is 0 Å². The van der Waals surface area contributed by atoms with Gasteiger partial charge in [-0.1, -0.05) is 0 Å². The Morgan fingerprint density at radius 2 is 2.08 bits per heavy atom. The third kappa shape index (κ3) is 2.23. The van der Waals surface area contributed by atoms with E-state index in [1.165, 1.54) is 6.07 Å². The molecule has 1 rings (SSSR count). The molecule has 13 heavy (non-hydrogen) atoms. The second-order valence-electron chi connectivity index (χ2n) is 2.10. The highest BCUT2D eigenvalue weighted by molar-refractivity contribution is 9.11. The van der Waals surface area contributed by atoms with E-state index < -0.39 is 12.1 Å². The maximum absolute atomic E-state index is 12.3. The van der Waals surface area contributed by atoms with Gasteiger partial charge in [-0.25, -0.2) is 13.8 Å². The van der Waals surface area contributed by atoms with E-state index in [0.717, 1.165) is 0 Å². The SMILES string of the molecule is N#Cc1c(Br)cc(Br)nc1C(F)F. The normalized spacial score (nSPS) is 10.2.